The molecule has 0 spiro atoms. The van der Waals surface area contributed by atoms with Gasteiger partial charge in [0.15, 0.2) is 0 Å². The maximum absolute atomic E-state index is 12.6. The molecule has 2 aliphatic heterocycles. The lowest BCUT2D eigenvalue weighted by Gasteiger charge is -2.45. The van der Waals surface area contributed by atoms with Crippen LogP contribution in [0.15, 0.2) is 24.3 Å². The van der Waals surface area contributed by atoms with Crippen molar-refractivity contribution >= 4 is 29.3 Å². The van der Waals surface area contributed by atoms with Crippen LogP contribution >= 0.6 is 11.6 Å². The number of hydrogen-bond donors (Lipinski definition) is 0. The van der Waals surface area contributed by atoms with E-state index in [4.69, 9.17) is 11.6 Å². The number of piperazine rings is 2. The quantitative estimate of drug-likeness (QED) is 0.755. The molecular formula is C15H16ClN3O3. The molecule has 22 heavy (non-hydrogen) atoms. The Labute approximate surface area is 133 Å². The minimum absolute atomic E-state index is 0.0723. The van der Waals surface area contributed by atoms with Crippen LogP contribution in [0.5, 0.6) is 0 Å². The molecule has 1 aromatic rings. The fraction of sp³-hybridized carbons (Fsp3) is 0.400. The maximum Gasteiger partial charge on any atom is 0.255 e. The Morgan fingerprint density at radius 3 is 2.68 bits per heavy atom. The first-order chi connectivity index (χ1) is 10.5. The number of rotatable bonds is 1. The Morgan fingerprint density at radius 1 is 1.23 bits per heavy atom. The van der Waals surface area contributed by atoms with Gasteiger partial charge in [0.1, 0.15) is 6.04 Å². The number of carbonyl (C=O) groups excluding carboxylic acids is 3. The molecule has 0 aromatic heterocycles. The smallest absolute Gasteiger partial charge is 0.255 e. The van der Waals surface area contributed by atoms with Crippen LogP contribution in [0.25, 0.3) is 0 Å². The van der Waals surface area contributed by atoms with Crippen LogP contribution in [0.2, 0.25) is 5.02 Å². The molecule has 2 aliphatic rings. The second kappa shape index (κ2) is 5.61. The second-order valence-corrected chi connectivity index (χ2v) is 5.94. The molecule has 0 N–H and O–H groups in total. The van der Waals surface area contributed by atoms with E-state index in [-0.39, 0.29) is 30.8 Å². The maximum atomic E-state index is 12.6. The number of hydrogen-bond acceptors (Lipinski definition) is 3. The molecule has 3 amide bonds. The Balaban J connectivity index is 1.81. The Morgan fingerprint density at radius 2 is 1.95 bits per heavy atom. The predicted octanol–water partition coefficient (Wildman–Crippen LogP) is 0.465. The molecule has 1 aromatic carbocycles. The number of nitrogens with zero attached hydrogens (tertiary/aromatic N) is 3. The molecule has 2 fully saturated rings. The Kier molecular flexibility index (Phi) is 3.78. The van der Waals surface area contributed by atoms with Gasteiger partial charge < -0.3 is 14.7 Å². The van der Waals surface area contributed by atoms with Gasteiger partial charge in [-0.3, -0.25) is 14.4 Å². The molecule has 0 radical (unpaired) electrons. The van der Waals surface area contributed by atoms with Crippen molar-refractivity contribution in [3.63, 3.8) is 0 Å². The number of amides is 3. The lowest BCUT2D eigenvalue weighted by molar-refractivity contribution is -0.157. The van der Waals surface area contributed by atoms with Gasteiger partial charge in [0.25, 0.3) is 5.91 Å². The van der Waals surface area contributed by atoms with E-state index < -0.39 is 6.04 Å². The first kappa shape index (κ1) is 14.8. The number of likely N-dealkylation sites (N-methyl/N-ethyl adjacent to an activating group) is 1. The standard InChI is InChI=1S/C15H16ClN3O3/c1-17-9-13(20)19-7-6-18(8-12(19)15(17)22)14(21)10-4-2-3-5-11(10)16/h2-5,12H,6-9H2,1H3/t12-/m1/s1. The molecule has 116 valence electrons. The van der Waals surface area contributed by atoms with Gasteiger partial charge in [0.05, 0.1) is 23.7 Å². The topological polar surface area (TPSA) is 60.9 Å². The fourth-order valence-corrected chi connectivity index (χ4v) is 3.12. The van der Waals surface area contributed by atoms with Crippen molar-refractivity contribution < 1.29 is 14.4 Å². The monoisotopic (exact) mass is 321 g/mol. The van der Waals surface area contributed by atoms with Gasteiger partial charge in [0, 0.05) is 20.1 Å². The van der Waals surface area contributed by atoms with E-state index in [1.54, 1.807) is 41.1 Å². The third kappa shape index (κ3) is 2.43. The summed E-state index contributed by atoms with van der Waals surface area (Å²) in [6.45, 7) is 1.09. The molecule has 7 heteroatoms. The van der Waals surface area contributed by atoms with Crippen molar-refractivity contribution in [1.82, 2.24) is 14.7 Å². The summed E-state index contributed by atoms with van der Waals surface area (Å²) >= 11 is 6.06. The van der Waals surface area contributed by atoms with Crippen molar-refractivity contribution in [3.05, 3.63) is 34.9 Å². The number of carbonyl (C=O) groups is 3. The molecule has 6 nitrogen and oxygen atoms in total. The van der Waals surface area contributed by atoms with E-state index in [0.717, 1.165) is 0 Å². The van der Waals surface area contributed by atoms with Crippen molar-refractivity contribution in [1.29, 1.82) is 0 Å². The normalized spacial score (nSPS) is 21.9. The van der Waals surface area contributed by atoms with Gasteiger partial charge in [-0.05, 0) is 12.1 Å². The summed E-state index contributed by atoms with van der Waals surface area (Å²) < 4.78 is 0. The van der Waals surface area contributed by atoms with E-state index in [0.29, 0.717) is 23.7 Å². The van der Waals surface area contributed by atoms with Crippen LogP contribution in [-0.4, -0.2) is 71.7 Å². The fourth-order valence-electron chi connectivity index (χ4n) is 2.91. The summed E-state index contributed by atoms with van der Waals surface area (Å²) in [6.07, 6.45) is 0. The molecule has 0 saturated carbocycles. The van der Waals surface area contributed by atoms with E-state index in [1.165, 1.54) is 4.90 Å². The van der Waals surface area contributed by atoms with Gasteiger partial charge in [-0.2, -0.15) is 0 Å². The zero-order chi connectivity index (χ0) is 15.9. The highest BCUT2D eigenvalue weighted by Crippen LogP contribution is 2.21. The summed E-state index contributed by atoms with van der Waals surface area (Å²) in [4.78, 5) is 41.4. The molecule has 3 rings (SSSR count). The zero-order valence-corrected chi connectivity index (χ0v) is 12.9. The zero-order valence-electron chi connectivity index (χ0n) is 12.2. The van der Waals surface area contributed by atoms with Crippen LogP contribution in [0, 0.1) is 0 Å². The Hall–Kier alpha value is -2.08. The van der Waals surface area contributed by atoms with Gasteiger partial charge in [-0.15, -0.1) is 0 Å². The Bertz CT molecular complexity index is 649. The third-order valence-electron chi connectivity index (χ3n) is 4.13. The lowest BCUT2D eigenvalue weighted by atomic mass is 10.1. The summed E-state index contributed by atoms with van der Waals surface area (Å²) in [7, 11) is 1.60. The molecular weight excluding hydrogens is 306 g/mol. The molecule has 0 aliphatic carbocycles. The highest BCUT2D eigenvalue weighted by atomic mass is 35.5. The highest BCUT2D eigenvalue weighted by Gasteiger charge is 2.42. The summed E-state index contributed by atoms with van der Waals surface area (Å²) in [5.41, 5.74) is 0.417. The van der Waals surface area contributed by atoms with Crippen molar-refractivity contribution in [3.8, 4) is 0 Å². The number of benzene rings is 1. The average Bonchev–Trinajstić information content (AvgIpc) is 2.52. The van der Waals surface area contributed by atoms with E-state index in [9.17, 15) is 14.4 Å². The van der Waals surface area contributed by atoms with E-state index in [1.807, 2.05) is 0 Å². The molecule has 2 heterocycles. The molecule has 0 unspecified atom stereocenters. The van der Waals surface area contributed by atoms with E-state index >= 15 is 0 Å². The third-order valence-corrected chi connectivity index (χ3v) is 4.46. The van der Waals surface area contributed by atoms with Crippen LogP contribution < -0.4 is 0 Å². The van der Waals surface area contributed by atoms with Crippen LogP contribution in [0.1, 0.15) is 10.4 Å². The number of halogens is 1. The highest BCUT2D eigenvalue weighted by molar-refractivity contribution is 6.33. The first-order valence-corrected chi connectivity index (χ1v) is 7.45. The average molecular weight is 322 g/mol. The molecule has 0 bridgehead atoms. The van der Waals surface area contributed by atoms with Crippen molar-refractivity contribution in [2.45, 2.75) is 6.04 Å². The number of fused-ring (bicyclic) bond motifs is 1. The van der Waals surface area contributed by atoms with Crippen molar-refractivity contribution in [2.24, 2.45) is 0 Å². The lowest BCUT2D eigenvalue weighted by Crippen LogP contribution is -2.66. The summed E-state index contributed by atoms with van der Waals surface area (Å²) in [5.74, 6) is -0.410. The van der Waals surface area contributed by atoms with Crippen molar-refractivity contribution in [2.75, 3.05) is 33.2 Å². The van der Waals surface area contributed by atoms with Gasteiger partial charge >= 0.3 is 0 Å². The minimum atomic E-state index is -0.591. The van der Waals surface area contributed by atoms with E-state index in [2.05, 4.69) is 0 Å². The summed E-state index contributed by atoms with van der Waals surface area (Å²) in [6, 6.07) is 6.24. The SMILES string of the molecule is CN1CC(=O)N2CCN(C(=O)c3ccccc3Cl)C[C@@H]2C1=O. The van der Waals surface area contributed by atoms with Crippen LogP contribution in [-0.2, 0) is 9.59 Å². The van der Waals surface area contributed by atoms with Crippen LogP contribution in [0.4, 0.5) is 0 Å². The minimum Gasteiger partial charge on any atom is -0.335 e. The predicted molar refractivity (Wildman–Crippen MR) is 80.5 cm³/mol. The second-order valence-electron chi connectivity index (χ2n) is 5.53. The molecule has 1 atom stereocenters. The van der Waals surface area contributed by atoms with Gasteiger partial charge in [-0.1, -0.05) is 23.7 Å². The largest absolute Gasteiger partial charge is 0.335 e. The van der Waals surface area contributed by atoms with Crippen LogP contribution in [0.3, 0.4) is 0 Å². The first-order valence-electron chi connectivity index (χ1n) is 7.07. The van der Waals surface area contributed by atoms with Gasteiger partial charge in [-0.25, -0.2) is 0 Å². The van der Waals surface area contributed by atoms with Gasteiger partial charge in [0.2, 0.25) is 11.8 Å². The summed E-state index contributed by atoms with van der Waals surface area (Å²) in [5, 5.41) is 0.387. The molecule has 2 saturated heterocycles.